The molecule has 0 N–H and O–H groups in total. The van der Waals surface area contributed by atoms with Crippen LogP contribution >= 0.6 is 0 Å². The number of para-hydroxylation sites is 1. The van der Waals surface area contributed by atoms with Gasteiger partial charge >= 0.3 is 196 Å². The zero-order valence-corrected chi connectivity index (χ0v) is 21.8. The molecule has 0 aliphatic rings. The van der Waals surface area contributed by atoms with Crippen LogP contribution in [0.1, 0.15) is 11.4 Å². The SMILES string of the molecule is Cc1ccc2c(c1)oc1c(-c3nc(C)nc4c3ccc3ccc[c]([Ge]([CH3])([CH3])[CH3])c34)cccc12. The van der Waals surface area contributed by atoms with Crippen LogP contribution in [-0.2, 0) is 0 Å². The Morgan fingerprint density at radius 1 is 0.758 bits per heavy atom. The third-order valence-electron chi connectivity index (χ3n) is 6.54. The van der Waals surface area contributed by atoms with E-state index in [-0.39, 0.29) is 0 Å². The van der Waals surface area contributed by atoms with E-state index in [0.717, 1.165) is 49.9 Å². The van der Waals surface area contributed by atoms with E-state index in [4.69, 9.17) is 14.4 Å². The monoisotopic (exact) mass is 492 g/mol. The summed E-state index contributed by atoms with van der Waals surface area (Å²) in [5.74, 6) is 8.11. The van der Waals surface area contributed by atoms with Crippen LogP contribution in [0.15, 0.2) is 71.1 Å². The number of aryl methyl sites for hydroxylation is 2. The second-order valence-electron chi connectivity index (χ2n) is 10.0. The van der Waals surface area contributed by atoms with E-state index < -0.39 is 13.3 Å². The Balaban J connectivity index is 1.75. The van der Waals surface area contributed by atoms with Gasteiger partial charge in [-0.25, -0.2) is 0 Å². The van der Waals surface area contributed by atoms with E-state index in [9.17, 15) is 0 Å². The van der Waals surface area contributed by atoms with E-state index in [1.54, 1.807) is 0 Å². The van der Waals surface area contributed by atoms with Gasteiger partial charge in [-0.1, -0.05) is 0 Å². The Labute approximate surface area is 195 Å². The van der Waals surface area contributed by atoms with Crippen molar-refractivity contribution < 1.29 is 4.42 Å². The van der Waals surface area contributed by atoms with Crippen molar-refractivity contribution in [3.05, 3.63) is 78.1 Å². The summed E-state index contributed by atoms with van der Waals surface area (Å²) in [6.07, 6.45) is 0. The van der Waals surface area contributed by atoms with Gasteiger partial charge in [0.15, 0.2) is 0 Å². The molecule has 0 aliphatic carbocycles. The third-order valence-corrected chi connectivity index (χ3v) is 10.8. The van der Waals surface area contributed by atoms with Gasteiger partial charge in [-0.15, -0.1) is 0 Å². The van der Waals surface area contributed by atoms with E-state index in [1.807, 2.05) is 6.92 Å². The molecule has 4 aromatic carbocycles. The minimum absolute atomic E-state index is 0.783. The zero-order chi connectivity index (χ0) is 22.9. The van der Waals surface area contributed by atoms with Crippen molar-refractivity contribution in [2.24, 2.45) is 0 Å². The van der Waals surface area contributed by atoms with Crippen LogP contribution in [-0.4, -0.2) is 23.2 Å². The molecule has 0 bridgehead atoms. The number of rotatable bonds is 2. The summed E-state index contributed by atoms with van der Waals surface area (Å²) in [6.45, 7) is 4.09. The van der Waals surface area contributed by atoms with Crippen molar-refractivity contribution in [3.8, 4) is 11.3 Å². The Morgan fingerprint density at radius 2 is 1.55 bits per heavy atom. The molecule has 0 saturated carbocycles. The maximum atomic E-state index is 6.42. The zero-order valence-electron chi connectivity index (χ0n) is 19.7. The fraction of sp³-hybridized carbons (Fsp3) is 0.172. The average molecular weight is 491 g/mol. The topological polar surface area (TPSA) is 38.9 Å². The normalized spacial score (nSPS) is 12.4. The number of benzene rings is 4. The van der Waals surface area contributed by atoms with Gasteiger partial charge in [0.1, 0.15) is 0 Å². The van der Waals surface area contributed by atoms with Gasteiger partial charge in [0.05, 0.1) is 0 Å². The Bertz CT molecular complexity index is 1720. The van der Waals surface area contributed by atoms with Crippen molar-refractivity contribution in [2.75, 3.05) is 0 Å². The molecule has 0 fully saturated rings. The Kier molecular flexibility index (Phi) is 4.43. The summed E-state index contributed by atoms with van der Waals surface area (Å²) in [5, 5.41) is 5.89. The molecular weight excluding hydrogens is 465 g/mol. The summed E-state index contributed by atoms with van der Waals surface area (Å²) >= 11 is -2.13. The molecule has 0 aliphatic heterocycles. The van der Waals surface area contributed by atoms with Crippen LogP contribution < -0.4 is 4.40 Å². The molecule has 3 nitrogen and oxygen atoms in total. The van der Waals surface area contributed by atoms with Gasteiger partial charge < -0.3 is 0 Å². The Hall–Kier alpha value is -3.18. The molecule has 2 aromatic heterocycles. The number of hydrogen-bond acceptors (Lipinski definition) is 3. The van der Waals surface area contributed by atoms with E-state index in [1.165, 1.54) is 20.7 Å². The summed E-state index contributed by atoms with van der Waals surface area (Å²) in [5.41, 5.74) is 6.01. The molecule has 6 rings (SSSR count). The number of furan rings is 1. The predicted molar refractivity (Wildman–Crippen MR) is 142 cm³/mol. The third kappa shape index (κ3) is 3.17. The first-order valence-corrected chi connectivity index (χ1v) is 18.8. The molecule has 33 heavy (non-hydrogen) atoms. The standard InChI is InChI=1S/C29H26GeN2O/c1-17-12-14-20-21-9-7-10-23(29(21)33-25(20)16-17)27-22-15-13-19-8-6-11-24(30(3,4)5)26(19)28(22)32-18(2)31-27/h6-16H,1-5H3. The molecule has 0 radical (unpaired) electrons. The van der Waals surface area contributed by atoms with Crippen molar-refractivity contribution in [1.82, 2.24) is 9.97 Å². The predicted octanol–water partition coefficient (Wildman–Crippen LogP) is 7.51. The minimum atomic E-state index is -2.13. The molecular formula is C29H26GeN2O. The van der Waals surface area contributed by atoms with Crippen LogP contribution in [0.3, 0.4) is 0 Å². The average Bonchev–Trinajstić information content (AvgIpc) is 3.15. The van der Waals surface area contributed by atoms with Crippen molar-refractivity contribution in [1.29, 1.82) is 0 Å². The summed E-state index contributed by atoms with van der Waals surface area (Å²) in [4.78, 5) is 9.94. The van der Waals surface area contributed by atoms with Crippen LogP contribution in [0.4, 0.5) is 0 Å². The fourth-order valence-electron chi connectivity index (χ4n) is 5.00. The first-order chi connectivity index (χ1) is 15.8. The van der Waals surface area contributed by atoms with Gasteiger partial charge in [-0.05, 0) is 0 Å². The van der Waals surface area contributed by atoms with Crippen LogP contribution in [0, 0.1) is 13.8 Å². The van der Waals surface area contributed by atoms with Crippen molar-refractivity contribution >= 4 is 61.3 Å². The molecule has 0 amide bonds. The second kappa shape index (κ2) is 7.16. The number of aromatic nitrogens is 2. The van der Waals surface area contributed by atoms with E-state index in [0.29, 0.717) is 0 Å². The molecule has 0 atom stereocenters. The molecule has 0 unspecified atom stereocenters. The van der Waals surface area contributed by atoms with E-state index >= 15 is 0 Å². The van der Waals surface area contributed by atoms with Crippen LogP contribution in [0.25, 0.3) is 54.9 Å². The Morgan fingerprint density at radius 3 is 2.36 bits per heavy atom. The van der Waals surface area contributed by atoms with Gasteiger partial charge in [0.25, 0.3) is 0 Å². The maximum absolute atomic E-state index is 6.42. The van der Waals surface area contributed by atoms with Crippen molar-refractivity contribution in [2.45, 2.75) is 31.1 Å². The molecule has 6 aromatic rings. The number of hydrogen-bond donors (Lipinski definition) is 0. The van der Waals surface area contributed by atoms with Gasteiger partial charge in [0, 0.05) is 0 Å². The molecule has 4 heteroatoms. The molecule has 0 saturated heterocycles. The number of nitrogens with zero attached hydrogens (tertiary/aromatic N) is 2. The first kappa shape index (κ1) is 20.4. The quantitative estimate of drug-likeness (QED) is 0.186. The van der Waals surface area contributed by atoms with Crippen LogP contribution in [0.2, 0.25) is 17.3 Å². The molecule has 162 valence electrons. The van der Waals surface area contributed by atoms with Gasteiger partial charge in [-0.3, -0.25) is 0 Å². The molecule has 2 heterocycles. The first-order valence-electron chi connectivity index (χ1n) is 11.4. The summed E-state index contributed by atoms with van der Waals surface area (Å²) in [7, 11) is 0. The second-order valence-corrected chi connectivity index (χ2v) is 20.6. The summed E-state index contributed by atoms with van der Waals surface area (Å²) < 4.78 is 7.91. The summed E-state index contributed by atoms with van der Waals surface area (Å²) in [6, 6.07) is 23.9. The fourth-order valence-corrected chi connectivity index (χ4v) is 8.37. The number of fused-ring (bicyclic) bond motifs is 6. The van der Waals surface area contributed by atoms with Crippen molar-refractivity contribution in [3.63, 3.8) is 0 Å². The molecule has 0 spiro atoms. The van der Waals surface area contributed by atoms with E-state index in [2.05, 4.69) is 90.9 Å². The van der Waals surface area contributed by atoms with Gasteiger partial charge in [0.2, 0.25) is 0 Å². The van der Waals surface area contributed by atoms with Gasteiger partial charge in [-0.2, -0.15) is 0 Å². The van der Waals surface area contributed by atoms with Crippen LogP contribution in [0.5, 0.6) is 0 Å².